The quantitative estimate of drug-likeness (QED) is 0.896. The SMILES string of the molecule is COCCC(C)NC(=O)c1ccoc1Br. The summed E-state index contributed by atoms with van der Waals surface area (Å²) in [4.78, 5) is 11.7. The van der Waals surface area contributed by atoms with Gasteiger partial charge in [0.2, 0.25) is 0 Å². The number of furan rings is 1. The lowest BCUT2D eigenvalue weighted by molar-refractivity contribution is 0.0928. The highest BCUT2D eigenvalue weighted by atomic mass is 79.9. The Morgan fingerprint density at radius 1 is 1.73 bits per heavy atom. The van der Waals surface area contributed by atoms with Crippen LogP contribution < -0.4 is 5.32 Å². The predicted octanol–water partition coefficient (Wildman–Crippen LogP) is 2.20. The minimum Gasteiger partial charge on any atom is -0.457 e. The van der Waals surface area contributed by atoms with E-state index >= 15 is 0 Å². The van der Waals surface area contributed by atoms with Gasteiger partial charge in [0.25, 0.3) is 5.91 Å². The number of hydrogen-bond donors (Lipinski definition) is 1. The number of carbonyl (C=O) groups is 1. The minimum atomic E-state index is -0.140. The Kier molecular flexibility index (Phi) is 4.84. The molecule has 0 spiro atoms. The largest absolute Gasteiger partial charge is 0.457 e. The molecule has 0 bridgehead atoms. The lowest BCUT2D eigenvalue weighted by Crippen LogP contribution is -2.33. The van der Waals surface area contributed by atoms with Crippen LogP contribution in [-0.4, -0.2) is 25.7 Å². The van der Waals surface area contributed by atoms with Crippen LogP contribution in [0.15, 0.2) is 21.4 Å². The number of rotatable bonds is 5. The molecule has 1 aromatic heterocycles. The third-order valence-corrected chi connectivity index (χ3v) is 2.61. The van der Waals surface area contributed by atoms with E-state index in [0.717, 1.165) is 6.42 Å². The summed E-state index contributed by atoms with van der Waals surface area (Å²) in [6, 6.07) is 1.71. The van der Waals surface area contributed by atoms with E-state index in [9.17, 15) is 4.79 Å². The van der Waals surface area contributed by atoms with Gasteiger partial charge >= 0.3 is 0 Å². The summed E-state index contributed by atoms with van der Waals surface area (Å²) in [5.41, 5.74) is 0.513. The van der Waals surface area contributed by atoms with Crippen molar-refractivity contribution in [1.82, 2.24) is 5.32 Å². The summed E-state index contributed by atoms with van der Waals surface area (Å²) in [6.07, 6.45) is 2.26. The first-order valence-electron chi connectivity index (χ1n) is 4.68. The van der Waals surface area contributed by atoms with Crippen molar-refractivity contribution in [2.75, 3.05) is 13.7 Å². The number of nitrogens with one attached hydrogen (secondary N) is 1. The predicted molar refractivity (Wildman–Crippen MR) is 59.8 cm³/mol. The van der Waals surface area contributed by atoms with Crippen molar-refractivity contribution in [3.63, 3.8) is 0 Å². The van der Waals surface area contributed by atoms with E-state index in [4.69, 9.17) is 9.15 Å². The molecule has 0 fully saturated rings. The van der Waals surface area contributed by atoms with Gasteiger partial charge in [-0.2, -0.15) is 0 Å². The fourth-order valence-electron chi connectivity index (χ4n) is 1.12. The lowest BCUT2D eigenvalue weighted by Gasteiger charge is -2.12. The summed E-state index contributed by atoms with van der Waals surface area (Å²) in [6.45, 7) is 2.57. The number of ether oxygens (including phenoxy) is 1. The monoisotopic (exact) mass is 275 g/mol. The topological polar surface area (TPSA) is 51.5 Å². The van der Waals surface area contributed by atoms with Gasteiger partial charge in [-0.25, -0.2) is 0 Å². The Balaban J connectivity index is 2.46. The summed E-state index contributed by atoms with van der Waals surface area (Å²) in [7, 11) is 1.64. The Bertz CT molecular complexity index is 324. The highest BCUT2D eigenvalue weighted by Gasteiger charge is 2.14. The molecule has 1 N–H and O–H groups in total. The van der Waals surface area contributed by atoms with Crippen molar-refractivity contribution in [2.45, 2.75) is 19.4 Å². The van der Waals surface area contributed by atoms with E-state index in [2.05, 4.69) is 21.2 Å². The van der Waals surface area contributed by atoms with Gasteiger partial charge in [0.15, 0.2) is 4.67 Å². The maximum absolute atomic E-state index is 11.7. The zero-order chi connectivity index (χ0) is 11.3. The maximum Gasteiger partial charge on any atom is 0.255 e. The molecule has 1 rings (SSSR count). The first-order valence-corrected chi connectivity index (χ1v) is 5.47. The first-order chi connectivity index (χ1) is 7.15. The van der Waals surface area contributed by atoms with Crippen molar-refractivity contribution < 1.29 is 13.9 Å². The normalized spacial score (nSPS) is 12.5. The molecule has 0 saturated carbocycles. The molecule has 5 heteroatoms. The molecule has 4 nitrogen and oxygen atoms in total. The van der Waals surface area contributed by atoms with Crippen LogP contribution in [0.1, 0.15) is 23.7 Å². The van der Waals surface area contributed by atoms with Gasteiger partial charge < -0.3 is 14.5 Å². The first kappa shape index (κ1) is 12.3. The second-order valence-corrected chi connectivity index (χ2v) is 3.98. The van der Waals surface area contributed by atoms with Crippen LogP contribution in [0.2, 0.25) is 0 Å². The Morgan fingerprint density at radius 2 is 2.47 bits per heavy atom. The van der Waals surface area contributed by atoms with Crippen LogP contribution in [-0.2, 0) is 4.74 Å². The fourth-order valence-corrected chi connectivity index (χ4v) is 1.54. The summed E-state index contributed by atoms with van der Waals surface area (Å²) < 4.78 is 10.4. The van der Waals surface area contributed by atoms with Crippen molar-refractivity contribution in [3.05, 3.63) is 22.6 Å². The molecule has 0 aliphatic carbocycles. The number of hydrogen-bond acceptors (Lipinski definition) is 3. The highest BCUT2D eigenvalue weighted by molar-refractivity contribution is 9.10. The lowest BCUT2D eigenvalue weighted by atomic mass is 10.2. The van der Waals surface area contributed by atoms with Crippen LogP contribution >= 0.6 is 15.9 Å². The zero-order valence-corrected chi connectivity index (χ0v) is 10.3. The van der Waals surface area contributed by atoms with Gasteiger partial charge in [0.1, 0.15) is 0 Å². The molecule has 15 heavy (non-hydrogen) atoms. The Hall–Kier alpha value is -0.810. The number of methoxy groups -OCH3 is 1. The van der Waals surface area contributed by atoms with Crippen LogP contribution in [0.4, 0.5) is 0 Å². The van der Waals surface area contributed by atoms with Gasteiger partial charge in [0.05, 0.1) is 11.8 Å². The number of halogens is 1. The molecule has 0 aromatic carbocycles. The Labute approximate surface area is 97.1 Å². The molecule has 1 unspecified atom stereocenters. The molecule has 84 valence electrons. The van der Waals surface area contributed by atoms with Gasteiger partial charge in [-0.3, -0.25) is 4.79 Å². The van der Waals surface area contributed by atoms with Crippen molar-refractivity contribution in [1.29, 1.82) is 0 Å². The molecule has 1 heterocycles. The van der Waals surface area contributed by atoms with Crippen LogP contribution in [0.5, 0.6) is 0 Å². The van der Waals surface area contributed by atoms with Crippen LogP contribution in [0.25, 0.3) is 0 Å². The van der Waals surface area contributed by atoms with Crippen LogP contribution in [0, 0.1) is 0 Å². The number of amides is 1. The average Bonchev–Trinajstić information content (AvgIpc) is 2.61. The fraction of sp³-hybridized carbons (Fsp3) is 0.500. The third kappa shape index (κ3) is 3.68. The van der Waals surface area contributed by atoms with Crippen molar-refractivity contribution in [3.8, 4) is 0 Å². The van der Waals surface area contributed by atoms with Crippen molar-refractivity contribution in [2.24, 2.45) is 0 Å². The summed E-state index contributed by atoms with van der Waals surface area (Å²) in [5, 5.41) is 2.85. The molecule has 0 aliphatic rings. The second kappa shape index (κ2) is 5.92. The smallest absolute Gasteiger partial charge is 0.255 e. The molecule has 0 saturated heterocycles. The molecule has 1 amide bonds. The summed E-state index contributed by atoms with van der Waals surface area (Å²) in [5.74, 6) is -0.140. The Morgan fingerprint density at radius 3 is 3.00 bits per heavy atom. The summed E-state index contributed by atoms with van der Waals surface area (Å²) >= 11 is 3.16. The molecular weight excluding hydrogens is 262 g/mol. The molecule has 0 radical (unpaired) electrons. The minimum absolute atomic E-state index is 0.0826. The molecular formula is C10H14BrNO3. The second-order valence-electron chi connectivity index (χ2n) is 3.26. The molecule has 1 aromatic rings. The van der Waals surface area contributed by atoms with Crippen LogP contribution in [0.3, 0.4) is 0 Å². The maximum atomic E-state index is 11.7. The molecule has 0 aliphatic heterocycles. The van der Waals surface area contributed by atoms with Gasteiger partial charge in [0, 0.05) is 19.8 Å². The number of carbonyl (C=O) groups excluding carboxylic acids is 1. The van der Waals surface area contributed by atoms with Gasteiger partial charge in [-0.15, -0.1) is 0 Å². The standard InChI is InChI=1S/C10H14BrNO3/c1-7(3-5-14-2)12-10(13)8-4-6-15-9(8)11/h4,6-7H,3,5H2,1-2H3,(H,12,13). The van der Waals surface area contributed by atoms with E-state index < -0.39 is 0 Å². The van der Waals surface area contributed by atoms with E-state index in [1.165, 1.54) is 6.26 Å². The highest BCUT2D eigenvalue weighted by Crippen LogP contribution is 2.17. The molecule has 1 atom stereocenters. The zero-order valence-electron chi connectivity index (χ0n) is 8.75. The van der Waals surface area contributed by atoms with Gasteiger partial charge in [-0.05, 0) is 35.3 Å². The van der Waals surface area contributed by atoms with E-state index in [0.29, 0.717) is 16.8 Å². The van der Waals surface area contributed by atoms with E-state index in [1.807, 2.05) is 6.92 Å². The third-order valence-electron chi connectivity index (χ3n) is 2.00. The average molecular weight is 276 g/mol. The van der Waals surface area contributed by atoms with Crippen molar-refractivity contribution >= 4 is 21.8 Å². The van der Waals surface area contributed by atoms with E-state index in [-0.39, 0.29) is 11.9 Å². The van der Waals surface area contributed by atoms with E-state index in [1.54, 1.807) is 13.2 Å². The van der Waals surface area contributed by atoms with Gasteiger partial charge in [-0.1, -0.05) is 0 Å².